The first-order chi connectivity index (χ1) is 14.5. The molecule has 4 nitrogen and oxygen atoms in total. The average molecular weight is 439 g/mol. The van der Waals surface area contributed by atoms with Gasteiger partial charge in [0.1, 0.15) is 0 Å². The van der Waals surface area contributed by atoms with Crippen molar-refractivity contribution < 1.29 is 9.53 Å². The van der Waals surface area contributed by atoms with E-state index >= 15 is 0 Å². The minimum absolute atomic E-state index is 0.00776. The van der Waals surface area contributed by atoms with Gasteiger partial charge in [-0.25, -0.2) is 4.98 Å². The quantitative estimate of drug-likeness (QED) is 0.470. The molecule has 0 fully saturated rings. The molecule has 0 saturated heterocycles. The van der Waals surface area contributed by atoms with Gasteiger partial charge in [-0.05, 0) is 54.8 Å². The van der Waals surface area contributed by atoms with E-state index in [-0.39, 0.29) is 11.8 Å². The molecule has 1 atom stereocenters. The number of aryl methyl sites for hydroxylation is 1. The average Bonchev–Trinajstić information content (AvgIpc) is 3.13. The molecule has 1 aliphatic rings. The summed E-state index contributed by atoms with van der Waals surface area (Å²) in [5.74, 6) is 0.566. The molecule has 0 aliphatic carbocycles. The van der Waals surface area contributed by atoms with Gasteiger partial charge in [-0.1, -0.05) is 42.4 Å². The molecule has 1 amide bonds. The summed E-state index contributed by atoms with van der Waals surface area (Å²) >= 11 is 7.91. The Morgan fingerprint density at radius 3 is 2.87 bits per heavy atom. The number of nitrogens with zero attached hydrogens (tertiary/aromatic N) is 2. The van der Waals surface area contributed by atoms with Crippen molar-refractivity contribution in [2.45, 2.75) is 26.3 Å². The fraction of sp³-hybridized carbons (Fsp3) is 0.250. The summed E-state index contributed by atoms with van der Waals surface area (Å²) < 4.78 is 6.60. The molecule has 30 heavy (non-hydrogen) atoms. The van der Waals surface area contributed by atoms with Crippen molar-refractivity contribution in [3.05, 3.63) is 81.2 Å². The highest BCUT2D eigenvalue weighted by Crippen LogP contribution is 2.44. The van der Waals surface area contributed by atoms with E-state index in [2.05, 4.69) is 29.8 Å². The van der Waals surface area contributed by atoms with Crippen molar-refractivity contribution in [1.82, 2.24) is 9.88 Å². The minimum Gasteiger partial charge on any atom is -0.478 e. The highest BCUT2D eigenvalue weighted by molar-refractivity contribution is 7.16. The van der Waals surface area contributed by atoms with Crippen molar-refractivity contribution in [3.8, 4) is 17.0 Å². The third kappa shape index (κ3) is 3.87. The number of benzene rings is 1. The number of aromatic nitrogens is 1. The first-order valence-corrected chi connectivity index (χ1v) is 11.1. The highest BCUT2D eigenvalue weighted by Gasteiger charge is 2.32. The number of thiophene rings is 1. The van der Waals surface area contributed by atoms with Crippen LogP contribution in [0.25, 0.3) is 11.1 Å². The third-order valence-electron chi connectivity index (χ3n) is 5.32. The number of rotatable bonds is 5. The second-order valence-electron chi connectivity index (χ2n) is 7.23. The Bertz CT molecular complexity index is 1110. The van der Waals surface area contributed by atoms with Crippen LogP contribution >= 0.6 is 22.9 Å². The van der Waals surface area contributed by atoms with Crippen LogP contribution in [0.4, 0.5) is 0 Å². The summed E-state index contributed by atoms with van der Waals surface area (Å²) in [7, 11) is 0. The molecule has 0 saturated carbocycles. The van der Waals surface area contributed by atoms with Gasteiger partial charge in [-0.3, -0.25) is 4.79 Å². The number of halogens is 1. The van der Waals surface area contributed by atoms with Crippen LogP contribution in [0.1, 0.15) is 34.5 Å². The molecule has 1 aromatic carbocycles. The molecule has 1 aliphatic heterocycles. The van der Waals surface area contributed by atoms with Gasteiger partial charge < -0.3 is 9.64 Å². The summed E-state index contributed by atoms with van der Waals surface area (Å²) in [6.07, 6.45) is 1.38. The Labute approximate surface area is 185 Å². The molecule has 6 heteroatoms. The van der Waals surface area contributed by atoms with Crippen LogP contribution < -0.4 is 4.74 Å². The summed E-state index contributed by atoms with van der Waals surface area (Å²) in [6.45, 7) is 9.25. The molecule has 3 heterocycles. The van der Waals surface area contributed by atoms with Crippen LogP contribution in [0.3, 0.4) is 0 Å². The number of carbonyl (C=O) groups excluding carboxylic acids is 1. The van der Waals surface area contributed by atoms with Gasteiger partial charge in [0.25, 0.3) is 0 Å². The standard InChI is InChI=1S/C24H23ClN2O2S/c1-4-23(28)27-13-20(19-12-22(25)30-21(19)14-27)17-9-7-6-8-16(17)18-11-10-15(3)26-24(18)29-5-2/h4,6-12,20H,1,5,13-14H2,2-3H3. The van der Waals surface area contributed by atoms with E-state index in [9.17, 15) is 4.79 Å². The Kier molecular flexibility index (Phi) is 5.93. The van der Waals surface area contributed by atoms with E-state index in [1.807, 2.05) is 43.0 Å². The van der Waals surface area contributed by atoms with Gasteiger partial charge in [0.15, 0.2) is 0 Å². The number of pyridine rings is 1. The van der Waals surface area contributed by atoms with Crippen LogP contribution in [0.5, 0.6) is 5.88 Å². The van der Waals surface area contributed by atoms with Gasteiger partial charge in [0.2, 0.25) is 11.8 Å². The fourth-order valence-corrected chi connectivity index (χ4v) is 5.34. The second kappa shape index (κ2) is 8.62. The maximum Gasteiger partial charge on any atom is 0.246 e. The maximum atomic E-state index is 12.4. The molecular weight excluding hydrogens is 416 g/mol. The largest absolute Gasteiger partial charge is 0.478 e. The SMILES string of the molecule is C=CC(=O)N1Cc2sc(Cl)cc2C(c2ccccc2-c2ccc(C)nc2OCC)C1. The van der Waals surface area contributed by atoms with Crippen LogP contribution in [0.2, 0.25) is 4.34 Å². The van der Waals surface area contributed by atoms with Crippen LogP contribution in [0, 0.1) is 6.92 Å². The molecular formula is C24H23ClN2O2S. The number of fused-ring (bicyclic) bond motifs is 1. The lowest BCUT2D eigenvalue weighted by Crippen LogP contribution is -2.37. The molecule has 0 radical (unpaired) electrons. The number of hydrogen-bond donors (Lipinski definition) is 0. The molecule has 3 aromatic rings. The van der Waals surface area contributed by atoms with E-state index in [4.69, 9.17) is 16.3 Å². The molecule has 154 valence electrons. The van der Waals surface area contributed by atoms with Crippen LogP contribution in [0.15, 0.2) is 55.1 Å². The maximum absolute atomic E-state index is 12.4. The molecule has 0 N–H and O–H groups in total. The van der Waals surface area contributed by atoms with Crippen LogP contribution in [-0.2, 0) is 11.3 Å². The lowest BCUT2D eigenvalue weighted by molar-refractivity contribution is -0.127. The first kappa shape index (κ1) is 20.6. The number of ether oxygens (including phenoxy) is 1. The Morgan fingerprint density at radius 1 is 1.30 bits per heavy atom. The number of hydrogen-bond acceptors (Lipinski definition) is 4. The van der Waals surface area contributed by atoms with E-state index in [1.165, 1.54) is 23.0 Å². The molecule has 1 unspecified atom stereocenters. The second-order valence-corrected chi connectivity index (χ2v) is 9.00. The first-order valence-electron chi connectivity index (χ1n) is 9.91. The smallest absolute Gasteiger partial charge is 0.246 e. The topological polar surface area (TPSA) is 42.4 Å². The van der Waals surface area contributed by atoms with Crippen molar-refractivity contribution in [2.75, 3.05) is 13.2 Å². The summed E-state index contributed by atoms with van der Waals surface area (Å²) in [4.78, 5) is 20.0. The zero-order valence-corrected chi connectivity index (χ0v) is 18.6. The Morgan fingerprint density at radius 2 is 2.10 bits per heavy atom. The van der Waals surface area contributed by atoms with Gasteiger partial charge in [-0.15, -0.1) is 11.3 Å². The van der Waals surface area contributed by atoms with Gasteiger partial charge in [-0.2, -0.15) is 0 Å². The number of amides is 1. The molecule has 4 rings (SSSR count). The summed E-state index contributed by atoms with van der Waals surface area (Å²) in [5.41, 5.74) is 5.23. The summed E-state index contributed by atoms with van der Waals surface area (Å²) in [5, 5.41) is 0. The van der Waals surface area contributed by atoms with Crippen molar-refractivity contribution in [1.29, 1.82) is 0 Å². The lowest BCUT2D eigenvalue weighted by atomic mass is 9.84. The zero-order valence-electron chi connectivity index (χ0n) is 17.0. The van der Waals surface area contributed by atoms with Gasteiger partial charge in [0, 0.05) is 28.6 Å². The van der Waals surface area contributed by atoms with E-state index < -0.39 is 0 Å². The van der Waals surface area contributed by atoms with Gasteiger partial charge >= 0.3 is 0 Å². The van der Waals surface area contributed by atoms with E-state index in [0.29, 0.717) is 25.6 Å². The predicted octanol–water partition coefficient (Wildman–Crippen LogP) is 5.83. The molecule has 0 bridgehead atoms. The fourth-order valence-electron chi connectivity index (χ4n) is 3.98. The number of carbonyl (C=O) groups is 1. The Balaban J connectivity index is 1.86. The molecule has 0 spiro atoms. The lowest BCUT2D eigenvalue weighted by Gasteiger charge is -2.33. The van der Waals surface area contributed by atoms with Crippen LogP contribution in [-0.4, -0.2) is 28.9 Å². The van der Waals surface area contributed by atoms with Crippen molar-refractivity contribution in [2.24, 2.45) is 0 Å². The minimum atomic E-state index is -0.0698. The van der Waals surface area contributed by atoms with Crippen molar-refractivity contribution >= 4 is 28.8 Å². The molecule has 2 aromatic heterocycles. The van der Waals surface area contributed by atoms with Gasteiger partial charge in [0.05, 0.1) is 17.5 Å². The van der Waals surface area contributed by atoms with E-state index in [0.717, 1.165) is 31.6 Å². The highest BCUT2D eigenvalue weighted by atomic mass is 35.5. The Hall–Kier alpha value is -2.63. The predicted molar refractivity (Wildman–Crippen MR) is 122 cm³/mol. The third-order valence-corrected chi connectivity index (χ3v) is 6.58. The monoisotopic (exact) mass is 438 g/mol. The normalized spacial score (nSPS) is 15.6. The van der Waals surface area contributed by atoms with E-state index in [1.54, 1.807) is 0 Å². The summed E-state index contributed by atoms with van der Waals surface area (Å²) in [6, 6.07) is 14.3. The van der Waals surface area contributed by atoms with Crippen molar-refractivity contribution in [3.63, 3.8) is 0 Å². The zero-order chi connectivity index (χ0) is 21.3.